The van der Waals surface area contributed by atoms with Crippen molar-refractivity contribution in [3.05, 3.63) is 65.2 Å². The lowest BCUT2D eigenvalue weighted by Crippen LogP contribution is -2.26. The number of rotatable bonds is 7. The number of nitrogens with one attached hydrogen (secondary N) is 1. The lowest BCUT2D eigenvalue weighted by atomic mass is 9.97. The maximum absolute atomic E-state index is 13.5. The molecule has 1 aromatic heterocycles. The Morgan fingerprint density at radius 3 is 2.50 bits per heavy atom. The monoisotopic (exact) mass is 361 g/mol. The molecule has 26 heavy (non-hydrogen) atoms. The molecular formula is C18H14F3N3O2. The van der Waals surface area contributed by atoms with Crippen molar-refractivity contribution in [1.29, 1.82) is 5.26 Å². The van der Waals surface area contributed by atoms with Gasteiger partial charge in [-0.15, -0.1) is 0 Å². The Kier molecular flexibility index (Phi) is 6.44. The molecule has 134 valence electrons. The molecule has 0 aliphatic carbocycles. The number of aromatic nitrogens is 1. The minimum atomic E-state index is -1.12. The Morgan fingerprint density at radius 1 is 1.15 bits per heavy atom. The number of nitrogens with zero attached hydrogens (tertiary/aromatic N) is 2. The Hall–Kier alpha value is -3.21. The van der Waals surface area contributed by atoms with E-state index in [0.717, 1.165) is 24.4 Å². The summed E-state index contributed by atoms with van der Waals surface area (Å²) in [6.45, 7) is 0.0659. The molecule has 1 N–H and O–H groups in total. The number of carbonyl (C=O) groups is 2. The first-order valence-corrected chi connectivity index (χ1v) is 7.69. The minimum Gasteiger partial charge on any atom is -0.352 e. The number of ketones is 1. The fraction of sp³-hybridized carbons (Fsp3) is 0.222. The first-order valence-electron chi connectivity index (χ1n) is 7.69. The first-order chi connectivity index (χ1) is 12.4. The van der Waals surface area contributed by atoms with Crippen LogP contribution in [0.1, 0.15) is 34.8 Å². The second-order valence-electron chi connectivity index (χ2n) is 5.41. The van der Waals surface area contributed by atoms with Gasteiger partial charge in [-0.25, -0.2) is 13.2 Å². The van der Waals surface area contributed by atoms with E-state index in [0.29, 0.717) is 6.07 Å². The molecule has 5 nitrogen and oxygen atoms in total. The van der Waals surface area contributed by atoms with Crippen LogP contribution in [-0.4, -0.2) is 23.2 Å². The van der Waals surface area contributed by atoms with Crippen molar-refractivity contribution in [1.82, 2.24) is 10.3 Å². The molecule has 1 aromatic carbocycles. The van der Waals surface area contributed by atoms with Crippen molar-refractivity contribution in [3.8, 4) is 6.07 Å². The van der Waals surface area contributed by atoms with E-state index in [-0.39, 0.29) is 30.6 Å². The molecule has 0 fully saturated rings. The smallest absolute Gasteiger partial charge is 0.254 e. The highest BCUT2D eigenvalue weighted by atomic mass is 19.1. The summed E-state index contributed by atoms with van der Waals surface area (Å²) >= 11 is 0. The number of halogens is 3. The predicted molar refractivity (Wildman–Crippen MR) is 85.5 cm³/mol. The highest BCUT2D eigenvalue weighted by Crippen LogP contribution is 2.16. The van der Waals surface area contributed by atoms with Crippen LogP contribution in [-0.2, 0) is 4.79 Å². The third kappa shape index (κ3) is 4.89. The van der Waals surface area contributed by atoms with Crippen molar-refractivity contribution in [3.63, 3.8) is 0 Å². The molecule has 1 heterocycles. The number of pyridine rings is 1. The summed E-state index contributed by atoms with van der Waals surface area (Å²) in [6.07, 6.45) is 1.11. The highest BCUT2D eigenvalue weighted by molar-refractivity contribution is 5.94. The highest BCUT2D eigenvalue weighted by Gasteiger charge is 2.21. The van der Waals surface area contributed by atoms with Crippen LogP contribution in [0.2, 0.25) is 0 Å². The molecule has 0 radical (unpaired) electrons. The van der Waals surface area contributed by atoms with E-state index in [4.69, 9.17) is 5.26 Å². The van der Waals surface area contributed by atoms with Gasteiger partial charge in [-0.3, -0.25) is 14.6 Å². The van der Waals surface area contributed by atoms with Crippen LogP contribution in [0.25, 0.3) is 0 Å². The molecular weight excluding hydrogens is 347 g/mol. The lowest BCUT2D eigenvalue weighted by Gasteiger charge is -2.09. The van der Waals surface area contributed by atoms with E-state index in [2.05, 4.69) is 10.3 Å². The molecule has 0 spiro atoms. The Morgan fingerprint density at radius 2 is 1.88 bits per heavy atom. The maximum Gasteiger partial charge on any atom is 0.254 e. The maximum atomic E-state index is 13.5. The first kappa shape index (κ1) is 19.1. The average molecular weight is 361 g/mol. The van der Waals surface area contributed by atoms with Crippen LogP contribution < -0.4 is 5.32 Å². The van der Waals surface area contributed by atoms with Crippen LogP contribution in [0.5, 0.6) is 0 Å². The van der Waals surface area contributed by atoms with E-state index in [9.17, 15) is 22.8 Å². The van der Waals surface area contributed by atoms with Crippen molar-refractivity contribution in [2.24, 2.45) is 0 Å². The van der Waals surface area contributed by atoms with Gasteiger partial charge in [0.2, 0.25) is 0 Å². The number of carbonyl (C=O) groups excluding carboxylic acids is 2. The molecule has 0 saturated carbocycles. The fourth-order valence-corrected chi connectivity index (χ4v) is 2.24. The zero-order valence-corrected chi connectivity index (χ0v) is 13.5. The van der Waals surface area contributed by atoms with Gasteiger partial charge in [0.15, 0.2) is 5.78 Å². The van der Waals surface area contributed by atoms with Crippen molar-refractivity contribution in [2.75, 3.05) is 6.54 Å². The normalized spacial score (nSPS) is 11.5. The van der Waals surface area contributed by atoms with Gasteiger partial charge in [0.1, 0.15) is 23.4 Å². The van der Waals surface area contributed by atoms with E-state index in [1.807, 2.05) is 6.07 Å². The SMILES string of the molecule is N#CC(C(=O)CCCNC(=O)c1ccc(F)cc1F)c1ccc(F)cn1. The number of hydrogen-bond donors (Lipinski definition) is 1. The van der Waals surface area contributed by atoms with Gasteiger partial charge in [-0.05, 0) is 30.7 Å². The summed E-state index contributed by atoms with van der Waals surface area (Å²) in [5, 5.41) is 11.5. The molecule has 0 saturated heterocycles. The Bertz CT molecular complexity index is 848. The van der Waals surface area contributed by atoms with Crippen LogP contribution in [0.4, 0.5) is 13.2 Å². The topological polar surface area (TPSA) is 82.9 Å². The van der Waals surface area contributed by atoms with E-state index >= 15 is 0 Å². The second kappa shape index (κ2) is 8.76. The third-order valence-corrected chi connectivity index (χ3v) is 3.56. The van der Waals surface area contributed by atoms with Gasteiger partial charge in [0.25, 0.3) is 5.91 Å². The summed E-state index contributed by atoms with van der Waals surface area (Å²) in [7, 11) is 0. The molecule has 2 aromatic rings. The van der Waals surface area contributed by atoms with Gasteiger partial charge < -0.3 is 5.32 Å². The summed E-state index contributed by atoms with van der Waals surface area (Å²) in [5.41, 5.74) is -0.153. The summed E-state index contributed by atoms with van der Waals surface area (Å²) in [4.78, 5) is 27.6. The number of amides is 1. The molecule has 1 amide bonds. The zero-order chi connectivity index (χ0) is 19.1. The summed E-state index contributed by atoms with van der Waals surface area (Å²) in [6, 6.07) is 6.79. The minimum absolute atomic E-state index is 0.0243. The van der Waals surface area contributed by atoms with Crippen LogP contribution >= 0.6 is 0 Å². The van der Waals surface area contributed by atoms with Gasteiger partial charge in [0.05, 0.1) is 23.5 Å². The lowest BCUT2D eigenvalue weighted by molar-refractivity contribution is -0.119. The van der Waals surface area contributed by atoms with Gasteiger partial charge in [-0.2, -0.15) is 5.26 Å². The molecule has 8 heteroatoms. The molecule has 0 aliphatic heterocycles. The van der Waals surface area contributed by atoms with Crippen molar-refractivity contribution >= 4 is 11.7 Å². The van der Waals surface area contributed by atoms with Gasteiger partial charge >= 0.3 is 0 Å². The van der Waals surface area contributed by atoms with E-state index in [1.54, 1.807) is 0 Å². The zero-order valence-electron chi connectivity index (χ0n) is 13.5. The van der Waals surface area contributed by atoms with Gasteiger partial charge in [0, 0.05) is 19.0 Å². The van der Waals surface area contributed by atoms with E-state index in [1.165, 1.54) is 6.07 Å². The molecule has 1 atom stereocenters. The van der Waals surface area contributed by atoms with Crippen LogP contribution in [0, 0.1) is 28.8 Å². The number of Topliss-reactive ketones (excluding diaryl/α,β-unsaturated/α-hetero) is 1. The Labute approximate surface area is 147 Å². The van der Waals surface area contributed by atoms with Crippen LogP contribution in [0.3, 0.4) is 0 Å². The van der Waals surface area contributed by atoms with Crippen molar-refractivity contribution in [2.45, 2.75) is 18.8 Å². The third-order valence-electron chi connectivity index (χ3n) is 3.56. The standard InChI is InChI=1S/C18H14F3N3O2/c19-11-3-5-13(15(21)8-11)18(26)23-7-1-2-17(25)14(9-22)16-6-4-12(20)10-24-16/h3-6,8,10,14H,1-2,7H2,(H,23,26). The molecule has 2 rings (SSSR count). The van der Waals surface area contributed by atoms with E-state index < -0.39 is 35.1 Å². The average Bonchev–Trinajstić information content (AvgIpc) is 2.60. The summed E-state index contributed by atoms with van der Waals surface area (Å²) < 4.78 is 39.1. The number of nitriles is 1. The van der Waals surface area contributed by atoms with Crippen LogP contribution in [0.15, 0.2) is 36.5 Å². The largest absolute Gasteiger partial charge is 0.352 e. The molecule has 0 bridgehead atoms. The Balaban J connectivity index is 1.84. The molecule has 0 aliphatic rings. The van der Waals surface area contributed by atoms with Gasteiger partial charge in [-0.1, -0.05) is 0 Å². The predicted octanol–water partition coefficient (Wildman–Crippen LogP) is 2.89. The summed E-state index contributed by atoms with van der Waals surface area (Å²) in [5.74, 6) is -4.62. The van der Waals surface area contributed by atoms with Crippen molar-refractivity contribution < 1.29 is 22.8 Å². The second-order valence-corrected chi connectivity index (χ2v) is 5.41. The number of benzene rings is 1. The number of hydrogen-bond acceptors (Lipinski definition) is 4. The fourth-order valence-electron chi connectivity index (χ4n) is 2.24. The molecule has 1 unspecified atom stereocenters. The quantitative estimate of drug-likeness (QED) is 0.769.